The molecule has 8 aromatic rings. The Kier molecular flexibility index (Phi) is 34.0. The minimum Gasteiger partial charge on any atom is -0.507 e. The number of aromatic hydroxyl groups is 4. The number of benzene rings is 8. The monoisotopic (exact) mass is 1610 g/mol. The van der Waals surface area contributed by atoms with Gasteiger partial charge in [0.15, 0.2) is 0 Å². The van der Waals surface area contributed by atoms with Gasteiger partial charge in [-0.1, -0.05) is 165 Å². The number of phenolic OH excluding ortho intramolecular Hbond substituents is 4. The molecule has 6 N–H and O–H groups in total. The average molecular weight is 1610 g/mol. The molecule has 3 saturated heterocycles. The number of aliphatic hydroxyl groups excluding tert-OH is 1. The van der Waals surface area contributed by atoms with Crippen LogP contribution in [0.2, 0.25) is 0 Å². The quantitative estimate of drug-likeness (QED) is 0.0549. The molecule has 3 amide bonds. The van der Waals surface area contributed by atoms with Gasteiger partial charge in [-0.05, 0) is 233 Å². The number of hydrogen-bond donors (Lipinski definition) is 6. The summed E-state index contributed by atoms with van der Waals surface area (Å²) in [6.07, 6.45) is 9.05. The van der Waals surface area contributed by atoms with Crippen LogP contribution in [-0.2, 0) is 43.9 Å². The van der Waals surface area contributed by atoms with Gasteiger partial charge in [0.25, 0.3) is 0 Å². The van der Waals surface area contributed by atoms with Gasteiger partial charge in [-0.15, -0.1) is 0 Å². The van der Waals surface area contributed by atoms with Crippen LogP contribution in [0.25, 0.3) is 48.7 Å². The molecule has 3 fully saturated rings. The summed E-state index contributed by atoms with van der Waals surface area (Å²) in [5, 5.41) is 57.8. The summed E-state index contributed by atoms with van der Waals surface area (Å²) < 4.78 is 35.6. The van der Waals surface area contributed by atoms with Crippen molar-refractivity contribution in [3.63, 3.8) is 0 Å². The molecule has 5 aliphatic heterocycles. The Bertz CT molecular complexity index is 4200. The SMILES string of the molecule is C.CC(C)(C)OC(=O)N1CC=C(B2OC(C)(C)C(C)(C)O2)CC1.CC(C)(C)OC(=O)N1CC=C(c2ccc(O)c3ccccc23)CC1.CC(C)(C)OC(=O)N1CCC(c2ccc(O)c3ccccc23)CC1.CO.Oc1ccc(Br)c2ccccc12.Oc1ccc(C2CCNCC2)c2ccccc12.[2H]CC.[CH3-].[Pd]. The topological polar surface area (TPSA) is 220 Å². The predicted octanol–water partition coefficient (Wildman–Crippen LogP) is 20.5. The Balaban J connectivity index is 0.000000280. The number of amides is 3. The van der Waals surface area contributed by atoms with Crippen molar-refractivity contribution in [2.75, 3.05) is 59.5 Å². The third-order valence-electron chi connectivity index (χ3n) is 18.6. The summed E-state index contributed by atoms with van der Waals surface area (Å²) in [5.41, 5.74) is 4.01. The summed E-state index contributed by atoms with van der Waals surface area (Å²) in [6.45, 7) is 33.3. The number of phenols is 4. The minimum absolute atomic E-state index is 0. The molecule has 0 unspecified atom stereocenters. The minimum atomic E-state index is -0.478. The van der Waals surface area contributed by atoms with Crippen molar-refractivity contribution in [3.05, 3.63) is 192 Å². The maximum atomic E-state index is 12.2. The average Bonchev–Trinajstić information content (AvgIpc) is 1.55. The molecule has 8 aromatic carbocycles. The molecule has 580 valence electrons. The molecular weight excluding hydrogens is 1490 g/mol. The van der Waals surface area contributed by atoms with Gasteiger partial charge in [0.05, 0.1) is 11.2 Å². The number of nitrogens with one attached hydrogen (secondary N) is 1. The zero-order valence-electron chi connectivity index (χ0n) is 65.4. The van der Waals surface area contributed by atoms with Crippen molar-refractivity contribution in [3.8, 4) is 23.0 Å². The molecule has 0 bridgehead atoms. The van der Waals surface area contributed by atoms with Crippen molar-refractivity contribution in [1.82, 2.24) is 20.0 Å². The van der Waals surface area contributed by atoms with Gasteiger partial charge in [-0.2, -0.15) is 0 Å². The maximum absolute atomic E-state index is 12.2. The molecule has 0 aromatic heterocycles. The number of piperidine rings is 2. The van der Waals surface area contributed by atoms with Crippen LogP contribution < -0.4 is 5.32 Å². The normalized spacial score (nSPS) is 16.4. The molecule has 0 radical (unpaired) electrons. The largest absolute Gasteiger partial charge is 0.507 e. The fourth-order valence-electron chi connectivity index (χ4n) is 12.8. The summed E-state index contributed by atoms with van der Waals surface area (Å²) in [4.78, 5) is 41.6. The van der Waals surface area contributed by atoms with Crippen molar-refractivity contribution in [2.45, 2.75) is 190 Å². The van der Waals surface area contributed by atoms with Gasteiger partial charge in [0.1, 0.15) is 39.8 Å². The molecule has 13 rings (SSSR count). The summed E-state index contributed by atoms with van der Waals surface area (Å²) >= 11 is 3.42. The first-order valence-corrected chi connectivity index (χ1v) is 36.6. The molecule has 5 aliphatic rings. The van der Waals surface area contributed by atoms with Crippen LogP contribution in [0.1, 0.15) is 180 Å². The summed E-state index contributed by atoms with van der Waals surface area (Å²) in [5.74, 6) is 2.35. The van der Waals surface area contributed by atoms with Gasteiger partial charge in [-0.3, -0.25) is 0 Å². The number of aliphatic hydroxyl groups is 1. The summed E-state index contributed by atoms with van der Waals surface area (Å²) in [6, 6.07) is 46.6. The first-order valence-electron chi connectivity index (χ1n) is 36.5. The second-order valence-corrected chi connectivity index (χ2v) is 30.8. The summed E-state index contributed by atoms with van der Waals surface area (Å²) in [7, 11) is 0.686. The van der Waals surface area contributed by atoms with E-state index >= 15 is 0 Å². The Morgan fingerprint density at radius 1 is 0.500 bits per heavy atom. The van der Waals surface area contributed by atoms with E-state index in [1.807, 2.05) is 205 Å². The van der Waals surface area contributed by atoms with E-state index in [0.29, 0.717) is 81.0 Å². The molecule has 0 saturated carbocycles. The zero-order valence-corrected chi connectivity index (χ0v) is 67.5. The van der Waals surface area contributed by atoms with E-state index < -0.39 is 16.8 Å². The first-order chi connectivity index (χ1) is 49.2. The molecule has 106 heavy (non-hydrogen) atoms. The number of halogens is 1. The molecule has 5 heterocycles. The van der Waals surface area contributed by atoms with E-state index in [1.54, 1.807) is 39.8 Å². The molecule has 0 aliphatic carbocycles. The van der Waals surface area contributed by atoms with Gasteiger partial charge < -0.3 is 76.5 Å². The Morgan fingerprint density at radius 3 is 1.23 bits per heavy atom. The number of fused-ring (bicyclic) bond motifs is 4. The van der Waals surface area contributed by atoms with Crippen LogP contribution >= 0.6 is 15.9 Å². The van der Waals surface area contributed by atoms with E-state index in [1.165, 1.54) is 34.9 Å². The molecule has 20 heteroatoms. The second kappa shape index (κ2) is 40.5. The van der Waals surface area contributed by atoms with E-state index in [9.17, 15) is 34.8 Å². The third kappa shape index (κ3) is 24.7. The first kappa shape index (κ1) is 89.0. The van der Waals surface area contributed by atoms with E-state index in [0.717, 1.165) is 99.1 Å². The molecule has 17 nitrogen and oxygen atoms in total. The number of ether oxygens (including phenoxy) is 3. The van der Waals surface area contributed by atoms with E-state index in [4.69, 9.17) is 30.0 Å². The standard InChI is InChI=1S/C20H25NO3.C20H23NO3.C16H28BNO4.C15H17NO.C10H7BrO.C2H6.CH4O.CH4.CH3.Pd/c2*1-20(2,3)24-19(23)21-12-10-14(11-13-21)15-8-9-18(22)17-7-5-4-6-16(15)17;1-14(2,3)20-13(19)18-10-8-12(9-11-18)17-21-15(4,5)16(6,7)22-17;17-15-6-5-12(11-7-9-16-10-8-11)13-3-1-2-4-14(13)15;11-9-5-6-10(12)8-4-2-1-3-7(8)9;2*1-2;;;/h4-9,14,22H,10-13H2,1-3H3;4-10,22H,11-13H2,1-3H3;8H,9-11H2,1-7H3;1-6,11,16-17H,7-10H2;1-6,12H;1-2H3;2H,1H3;1H4;1H3;/q;;;;;;;;-1;/i;;;;;1D;;;;. The number of nitrogens with zero attached hydrogens (tertiary/aromatic N) is 3. The van der Waals surface area contributed by atoms with Crippen molar-refractivity contribution < 1.29 is 85.2 Å². The number of rotatable bonds is 4. The van der Waals surface area contributed by atoms with E-state index in [2.05, 4.69) is 45.5 Å². The number of carbonyl (C=O) groups is 3. The fraction of sp³-hybridized carbons (Fsp3) is 0.442. The molecular formula is C86H117BBrN4O13Pd-. The number of likely N-dealkylation sites (tertiary alicyclic amines) is 1. The van der Waals surface area contributed by atoms with Gasteiger partial charge in [0.2, 0.25) is 0 Å². The number of hydrogen-bond acceptors (Lipinski definition) is 14. The zero-order chi connectivity index (χ0) is 76.3. The van der Waals surface area contributed by atoms with Crippen molar-refractivity contribution >= 4 is 90.0 Å². The van der Waals surface area contributed by atoms with E-state index in [-0.39, 0.29) is 71.9 Å². The third-order valence-corrected chi connectivity index (χ3v) is 19.3. The Hall–Kier alpha value is -7.66. The smallest absolute Gasteiger partial charge is 0.490 e. The van der Waals surface area contributed by atoms with Crippen LogP contribution in [0.3, 0.4) is 0 Å². The van der Waals surface area contributed by atoms with Crippen LogP contribution in [0.15, 0.2) is 168 Å². The molecule has 0 atom stereocenters. The van der Waals surface area contributed by atoms with Crippen LogP contribution in [0.5, 0.6) is 23.0 Å². The van der Waals surface area contributed by atoms with Gasteiger partial charge in [0, 0.05) is 94.2 Å². The number of carbonyl (C=O) groups excluding carboxylic acids is 3. The van der Waals surface area contributed by atoms with Crippen molar-refractivity contribution in [1.29, 1.82) is 0 Å². The predicted molar refractivity (Wildman–Crippen MR) is 434 cm³/mol. The second-order valence-electron chi connectivity index (χ2n) is 29.9. The van der Waals surface area contributed by atoms with Crippen LogP contribution in [0.4, 0.5) is 14.4 Å². The van der Waals surface area contributed by atoms with Crippen LogP contribution in [-0.4, -0.2) is 153 Å². The Morgan fingerprint density at radius 2 is 0.840 bits per heavy atom. The van der Waals surface area contributed by atoms with Gasteiger partial charge >= 0.3 is 25.4 Å². The van der Waals surface area contributed by atoms with Crippen molar-refractivity contribution in [2.24, 2.45) is 0 Å². The Labute approximate surface area is 655 Å². The van der Waals surface area contributed by atoms with Gasteiger partial charge in [-0.25, -0.2) is 14.4 Å². The molecule has 0 spiro atoms. The van der Waals surface area contributed by atoms with Crippen LogP contribution in [0, 0.1) is 7.43 Å². The fourth-order valence-corrected chi connectivity index (χ4v) is 13.2. The maximum Gasteiger partial charge on any atom is 0.490 e.